The second kappa shape index (κ2) is 8.36. The number of sulfone groups is 1. The zero-order valence-corrected chi connectivity index (χ0v) is 19.2. The highest BCUT2D eigenvalue weighted by Gasteiger charge is 2.35. The smallest absolute Gasteiger partial charge is 0.261 e. The topological polar surface area (TPSA) is 147 Å². The quantitative estimate of drug-likeness (QED) is 0.594. The molecule has 2 aromatic carbocycles. The predicted octanol–water partition coefficient (Wildman–Crippen LogP) is 1.01. The molecular formula is C21H21N3O7S2. The molecule has 4 rings (SSSR count). The number of imide groups is 1. The minimum Gasteiger partial charge on any atom is -0.325 e. The van der Waals surface area contributed by atoms with Gasteiger partial charge in [-0.05, 0) is 37.1 Å². The van der Waals surface area contributed by atoms with Crippen molar-refractivity contribution in [2.45, 2.75) is 22.6 Å². The van der Waals surface area contributed by atoms with Crippen LogP contribution in [-0.4, -0.2) is 58.2 Å². The molecule has 33 heavy (non-hydrogen) atoms. The minimum absolute atomic E-state index is 0.0321. The molecule has 0 bridgehead atoms. The molecular weight excluding hydrogens is 470 g/mol. The molecule has 2 aliphatic rings. The monoisotopic (exact) mass is 491 g/mol. The lowest BCUT2D eigenvalue weighted by Gasteiger charge is -2.31. The number of hydrogen-bond acceptors (Lipinski definition) is 7. The largest absolute Gasteiger partial charge is 0.325 e. The van der Waals surface area contributed by atoms with Crippen LogP contribution in [0.3, 0.4) is 0 Å². The molecule has 2 aliphatic heterocycles. The Morgan fingerprint density at radius 3 is 2.21 bits per heavy atom. The van der Waals surface area contributed by atoms with E-state index in [1.165, 1.54) is 40.7 Å². The molecule has 12 heteroatoms. The maximum Gasteiger partial charge on any atom is 0.261 e. The van der Waals surface area contributed by atoms with E-state index in [0.717, 1.165) is 6.26 Å². The van der Waals surface area contributed by atoms with Crippen LogP contribution in [0.15, 0.2) is 52.3 Å². The minimum atomic E-state index is -4.07. The number of sulfonamides is 1. The molecule has 2 N–H and O–H groups in total. The van der Waals surface area contributed by atoms with Gasteiger partial charge in [-0.2, -0.15) is 4.31 Å². The van der Waals surface area contributed by atoms with Crippen LogP contribution in [0.1, 0.15) is 33.6 Å². The fraction of sp³-hybridized carbons (Fsp3) is 0.286. The number of nitrogens with zero attached hydrogens (tertiary/aromatic N) is 1. The summed E-state index contributed by atoms with van der Waals surface area (Å²) in [4.78, 5) is 36.1. The Hall–Kier alpha value is -3.09. The van der Waals surface area contributed by atoms with Crippen LogP contribution in [0.5, 0.6) is 0 Å². The molecule has 0 saturated carbocycles. The summed E-state index contributed by atoms with van der Waals surface area (Å²) in [7, 11) is -7.83. The van der Waals surface area contributed by atoms with Gasteiger partial charge in [0.1, 0.15) is 4.90 Å². The van der Waals surface area contributed by atoms with Crippen LogP contribution in [-0.2, 0) is 24.7 Å². The Kier molecular flexibility index (Phi) is 5.85. The molecule has 0 radical (unpaired) electrons. The molecule has 0 aromatic heterocycles. The average Bonchev–Trinajstić information content (AvgIpc) is 3.07. The zero-order chi connectivity index (χ0) is 24.0. The molecule has 2 aromatic rings. The number of carbonyl (C=O) groups is 3. The van der Waals surface area contributed by atoms with E-state index in [9.17, 15) is 31.2 Å². The number of piperidine rings is 1. The van der Waals surface area contributed by atoms with Gasteiger partial charge in [-0.25, -0.2) is 16.8 Å². The predicted molar refractivity (Wildman–Crippen MR) is 118 cm³/mol. The normalized spacial score (nSPS) is 17.5. The number of fused-ring (bicyclic) bond motifs is 1. The molecule has 0 atom stereocenters. The number of benzene rings is 2. The van der Waals surface area contributed by atoms with Crippen molar-refractivity contribution in [1.82, 2.24) is 9.62 Å². The summed E-state index contributed by atoms with van der Waals surface area (Å²) < 4.78 is 51.5. The Morgan fingerprint density at radius 1 is 0.939 bits per heavy atom. The summed E-state index contributed by atoms with van der Waals surface area (Å²) in [6.07, 6.45) is 1.38. The van der Waals surface area contributed by atoms with Crippen molar-refractivity contribution in [2.24, 2.45) is 5.92 Å². The van der Waals surface area contributed by atoms with E-state index in [-0.39, 0.29) is 58.4 Å². The fourth-order valence-corrected chi connectivity index (χ4v) is 7.10. The third kappa shape index (κ3) is 4.28. The highest BCUT2D eigenvalue weighted by Crippen LogP contribution is 2.30. The Balaban J connectivity index is 1.48. The molecule has 0 unspecified atom stereocenters. The highest BCUT2D eigenvalue weighted by atomic mass is 32.2. The lowest BCUT2D eigenvalue weighted by atomic mass is 9.96. The standard InChI is InChI=1S/C21H21N3O7S2/c1-32(28,29)16-7-2-3-8-17(16)33(30,31)24-11-9-13(10-12-24)19(25)22-15-6-4-5-14-18(15)21(27)23-20(14)26/h2-8,13H,9-12H2,1H3,(H,22,25)(H,23,26,27). The van der Waals surface area contributed by atoms with Crippen LogP contribution in [0.4, 0.5) is 5.69 Å². The van der Waals surface area contributed by atoms with E-state index in [4.69, 9.17) is 0 Å². The van der Waals surface area contributed by atoms with Crippen molar-refractivity contribution in [3.63, 3.8) is 0 Å². The summed E-state index contributed by atoms with van der Waals surface area (Å²) in [6.45, 7) is 0.0643. The van der Waals surface area contributed by atoms with E-state index in [0.29, 0.717) is 0 Å². The number of amides is 3. The maximum atomic E-state index is 13.1. The molecule has 10 nitrogen and oxygen atoms in total. The van der Waals surface area contributed by atoms with Gasteiger partial charge in [-0.1, -0.05) is 18.2 Å². The maximum absolute atomic E-state index is 13.1. The summed E-state index contributed by atoms with van der Waals surface area (Å²) >= 11 is 0. The zero-order valence-electron chi connectivity index (χ0n) is 17.6. The van der Waals surface area contributed by atoms with E-state index in [1.807, 2.05) is 0 Å². The van der Waals surface area contributed by atoms with Crippen molar-refractivity contribution in [2.75, 3.05) is 24.7 Å². The van der Waals surface area contributed by atoms with E-state index in [1.54, 1.807) is 6.07 Å². The number of carbonyl (C=O) groups excluding carboxylic acids is 3. The van der Waals surface area contributed by atoms with Crippen LogP contribution >= 0.6 is 0 Å². The van der Waals surface area contributed by atoms with Gasteiger partial charge in [0.15, 0.2) is 9.84 Å². The third-order valence-corrected chi connectivity index (χ3v) is 8.95. The van der Waals surface area contributed by atoms with Gasteiger partial charge in [-0.15, -0.1) is 0 Å². The number of anilines is 1. The SMILES string of the molecule is CS(=O)(=O)c1ccccc1S(=O)(=O)N1CCC(C(=O)Nc2cccc3c2C(=O)NC3=O)CC1. The molecule has 1 saturated heterocycles. The second-order valence-electron chi connectivity index (χ2n) is 7.90. The molecule has 2 heterocycles. The van der Waals surface area contributed by atoms with E-state index < -0.39 is 37.6 Å². The van der Waals surface area contributed by atoms with Crippen LogP contribution < -0.4 is 10.6 Å². The first-order chi connectivity index (χ1) is 15.5. The molecule has 174 valence electrons. The fourth-order valence-electron chi connectivity index (χ4n) is 4.03. The second-order valence-corrected chi connectivity index (χ2v) is 11.8. The van der Waals surface area contributed by atoms with Gasteiger partial charge >= 0.3 is 0 Å². The van der Waals surface area contributed by atoms with Gasteiger partial charge < -0.3 is 5.32 Å². The first-order valence-corrected chi connectivity index (χ1v) is 13.4. The molecule has 3 amide bonds. The average molecular weight is 492 g/mol. The van der Waals surface area contributed by atoms with E-state index >= 15 is 0 Å². The summed E-state index contributed by atoms with van der Waals surface area (Å²) in [5.41, 5.74) is 0.509. The number of hydrogen-bond donors (Lipinski definition) is 2. The summed E-state index contributed by atoms with van der Waals surface area (Å²) in [5.74, 6) is -2.02. The first kappa shape index (κ1) is 23.1. The van der Waals surface area contributed by atoms with Gasteiger partial charge in [0, 0.05) is 25.3 Å². The number of rotatable bonds is 5. The van der Waals surface area contributed by atoms with Crippen molar-refractivity contribution in [3.8, 4) is 0 Å². The summed E-state index contributed by atoms with van der Waals surface area (Å²) in [6, 6.07) is 10.00. The van der Waals surface area contributed by atoms with E-state index in [2.05, 4.69) is 10.6 Å². The van der Waals surface area contributed by atoms with Crippen LogP contribution in [0, 0.1) is 5.92 Å². The lowest BCUT2D eigenvalue weighted by molar-refractivity contribution is -0.120. The lowest BCUT2D eigenvalue weighted by Crippen LogP contribution is -2.41. The van der Waals surface area contributed by atoms with Gasteiger partial charge in [0.05, 0.1) is 21.7 Å². The Bertz CT molecular complexity index is 1380. The summed E-state index contributed by atoms with van der Waals surface area (Å²) in [5, 5.41) is 4.86. The number of nitrogens with one attached hydrogen (secondary N) is 2. The van der Waals surface area contributed by atoms with Gasteiger partial charge in [0.2, 0.25) is 15.9 Å². The van der Waals surface area contributed by atoms with Crippen molar-refractivity contribution >= 4 is 43.3 Å². The van der Waals surface area contributed by atoms with Crippen LogP contribution in [0.2, 0.25) is 0 Å². The van der Waals surface area contributed by atoms with Crippen LogP contribution in [0.25, 0.3) is 0 Å². The Morgan fingerprint density at radius 2 is 1.58 bits per heavy atom. The Labute approximate surface area is 190 Å². The van der Waals surface area contributed by atoms with Gasteiger partial charge in [0.25, 0.3) is 11.8 Å². The van der Waals surface area contributed by atoms with Gasteiger partial charge in [-0.3, -0.25) is 19.7 Å². The van der Waals surface area contributed by atoms with Crippen molar-refractivity contribution in [3.05, 3.63) is 53.6 Å². The van der Waals surface area contributed by atoms with Crippen molar-refractivity contribution < 1.29 is 31.2 Å². The molecule has 1 fully saturated rings. The highest BCUT2D eigenvalue weighted by molar-refractivity contribution is 7.93. The third-order valence-electron chi connectivity index (χ3n) is 5.71. The molecule has 0 spiro atoms. The first-order valence-electron chi connectivity index (χ1n) is 10.1. The van der Waals surface area contributed by atoms with Crippen molar-refractivity contribution in [1.29, 1.82) is 0 Å². The molecule has 0 aliphatic carbocycles.